The first kappa shape index (κ1) is 12.7. The second-order valence-electron chi connectivity index (χ2n) is 4.55. The van der Waals surface area contributed by atoms with Crippen molar-refractivity contribution in [1.82, 2.24) is 0 Å². The second kappa shape index (κ2) is 5.12. The first-order valence-corrected chi connectivity index (χ1v) is 5.74. The van der Waals surface area contributed by atoms with Gasteiger partial charge >= 0.3 is 0 Å². The Morgan fingerprint density at radius 2 is 1.94 bits per heavy atom. The predicted octanol–water partition coefficient (Wildman–Crippen LogP) is 4.33. The predicted molar refractivity (Wildman–Crippen MR) is 63.9 cm³/mol. The molecule has 0 aromatic heterocycles. The van der Waals surface area contributed by atoms with Gasteiger partial charge in [-0.1, -0.05) is 33.8 Å². The van der Waals surface area contributed by atoms with Crippen LogP contribution in [0, 0.1) is 17.1 Å². The number of hydrogen-bond donors (Lipinski definition) is 0. The summed E-state index contributed by atoms with van der Waals surface area (Å²) < 4.78 is 13.8. The Kier molecular flexibility index (Phi) is 4.06. The first-order chi connectivity index (χ1) is 7.51. The van der Waals surface area contributed by atoms with E-state index in [1.54, 1.807) is 6.07 Å². The summed E-state index contributed by atoms with van der Waals surface area (Å²) >= 11 is 0. The number of rotatable bonds is 3. The minimum atomic E-state index is -0.357. The fourth-order valence-electron chi connectivity index (χ4n) is 1.69. The lowest BCUT2D eigenvalue weighted by Gasteiger charge is -2.15. The first-order valence-electron chi connectivity index (χ1n) is 5.74. The van der Waals surface area contributed by atoms with Crippen molar-refractivity contribution < 1.29 is 4.39 Å². The van der Waals surface area contributed by atoms with Crippen molar-refractivity contribution in [1.29, 1.82) is 5.26 Å². The molecule has 1 nitrogen and oxygen atoms in total. The Bertz CT molecular complexity index is 415. The van der Waals surface area contributed by atoms with Crippen LogP contribution in [0.15, 0.2) is 12.1 Å². The number of hydrogen-bond acceptors (Lipinski definition) is 1. The molecule has 86 valence electrons. The van der Waals surface area contributed by atoms with Crippen molar-refractivity contribution in [3.8, 4) is 6.07 Å². The molecule has 1 atom stereocenters. The minimum absolute atomic E-state index is 0.108. The number of nitriles is 1. The summed E-state index contributed by atoms with van der Waals surface area (Å²) in [4.78, 5) is 0. The molecule has 1 aromatic rings. The quantitative estimate of drug-likeness (QED) is 0.742. The van der Waals surface area contributed by atoms with Crippen molar-refractivity contribution in [3.05, 3.63) is 34.6 Å². The molecule has 1 unspecified atom stereocenters. The number of nitrogens with zero attached hydrogens (tertiary/aromatic N) is 1. The zero-order valence-electron chi connectivity index (χ0n) is 10.3. The normalized spacial score (nSPS) is 12.6. The van der Waals surface area contributed by atoms with E-state index in [0.29, 0.717) is 11.5 Å². The maximum atomic E-state index is 13.8. The molecule has 16 heavy (non-hydrogen) atoms. The second-order valence-corrected chi connectivity index (χ2v) is 4.55. The van der Waals surface area contributed by atoms with Gasteiger partial charge in [-0.15, -0.1) is 0 Å². The monoisotopic (exact) mass is 219 g/mol. The van der Waals surface area contributed by atoms with E-state index in [0.717, 1.165) is 12.0 Å². The molecule has 0 amide bonds. The molecule has 0 saturated carbocycles. The van der Waals surface area contributed by atoms with E-state index in [4.69, 9.17) is 5.26 Å². The summed E-state index contributed by atoms with van der Waals surface area (Å²) in [6, 6.07) is 5.51. The van der Waals surface area contributed by atoms with Crippen LogP contribution in [0.1, 0.15) is 62.6 Å². The average molecular weight is 219 g/mol. The molecule has 1 aromatic carbocycles. The summed E-state index contributed by atoms with van der Waals surface area (Å²) in [5.41, 5.74) is 1.88. The summed E-state index contributed by atoms with van der Waals surface area (Å²) in [7, 11) is 0. The van der Waals surface area contributed by atoms with Crippen LogP contribution < -0.4 is 0 Å². The SMILES string of the molecule is CCC(C)c1cc(C#N)c(F)c(C(C)C)c1. The lowest BCUT2D eigenvalue weighted by molar-refractivity contribution is 0.591. The highest BCUT2D eigenvalue weighted by atomic mass is 19.1. The lowest BCUT2D eigenvalue weighted by atomic mass is 9.91. The highest BCUT2D eigenvalue weighted by molar-refractivity contribution is 5.41. The van der Waals surface area contributed by atoms with Gasteiger partial charge in [-0.2, -0.15) is 5.26 Å². The molecule has 0 radical (unpaired) electrons. The zero-order chi connectivity index (χ0) is 12.3. The molecule has 0 heterocycles. The molecule has 0 N–H and O–H groups in total. The van der Waals surface area contributed by atoms with Gasteiger partial charge in [0.15, 0.2) is 0 Å². The van der Waals surface area contributed by atoms with E-state index >= 15 is 0 Å². The van der Waals surface area contributed by atoms with Crippen molar-refractivity contribution in [2.45, 2.75) is 46.0 Å². The van der Waals surface area contributed by atoms with Crippen molar-refractivity contribution in [3.63, 3.8) is 0 Å². The fraction of sp³-hybridized carbons (Fsp3) is 0.500. The van der Waals surface area contributed by atoms with E-state index < -0.39 is 0 Å². The third kappa shape index (κ3) is 2.41. The van der Waals surface area contributed by atoms with Gasteiger partial charge in [0.25, 0.3) is 0 Å². The molecule has 0 aliphatic heterocycles. The Hall–Kier alpha value is -1.36. The zero-order valence-corrected chi connectivity index (χ0v) is 10.3. The fourth-order valence-corrected chi connectivity index (χ4v) is 1.69. The maximum absolute atomic E-state index is 13.8. The van der Waals surface area contributed by atoms with Gasteiger partial charge in [0.05, 0.1) is 5.56 Å². The maximum Gasteiger partial charge on any atom is 0.144 e. The van der Waals surface area contributed by atoms with Crippen LogP contribution in [0.25, 0.3) is 0 Å². The van der Waals surface area contributed by atoms with Gasteiger partial charge in [0.2, 0.25) is 0 Å². The summed E-state index contributed by atoms with van der Waals surface area (Å²) in [5, 5.41) is 8.91. The van der Waals surface area contributed by atoms with Crippen LogP contribution in [0.2, 0.25) is 0 Å². The number of benzene rings is 1. The van der Waals surface area contributed by atoms with Crippen molar-refractivity contribution in [2.24, 2.45) is 0 Å². The van der Waals surface area contributed by atoms with Crippen LogP contribution in [-0.2, 0) is 0 Å². The highest BCUT2D eigenvalue weighted by Crippen LogP contribution is 2.27. The van der Waals surface area contributed by atoms with Gasteiger partial charge in [0.1, 0.15) is 11.9 Å². The standard InChI is InChI=1S/C14H18FN/c1-5-10(4)11-6-12(8-16)14(15)13(7-11)9(2)3/h6-7,9-10H,5H2,1-4H3. The van der Waals surface area contributed by atoms with Crippen LogP contribution in [0.3, 0.4) is 0 Å². The Labute approximate surface area is 96.9 Å². The van der Waals surface area contributed by atoms with Gasteiger partial charge < -0.3 is 0 Å². The highest BCUT2D eigenvalue weighted by Gasteiger charge is 2.15. The third-order valence-corrected chi connectivity index (χ3v) is 3.05. The van der Waals surface area contributed by atoms with Crippen LogP contribution in [0.4, 0.5) is 4.39 Å². The smallest absolute Gasteiger partial charge is 0.144 e. The minimum Gasteiger partial charge on any atom is -0.205 e. The lowest BCUT2D eigenvalue weighted by Crippen LogP contribution is -2.01. The van der Waals surface area contributed by atoms with E-state index in [9.17, 15) is 4.39 Å². The largest absolute Gasteiger partial charge is 0.205 e. The molecule has 0 saturated heterocycles. The topological polar surface area (TPSA) is 23.8 Å². The van der Waals surface area contributed by atoms with Crippen LogP contribution >= 0.6 is 0 Å². The van der Waals surface area contributed by atoms with E-state index in [1.165, 1.54) is 0 Å². The Balaban J connectivity index is 3.35. The van der Waals surface area contributed by atoms with Crippen LogP contribution in [0.5, 0.6) is 0 Å². The number of halogens is 1. The van der Waals surface area contributed by atoms with Crippen molar-refractivity contribution in [2.75, 3.05) is 0 Å². The molecule has 0 aliphatic rings. The summed E-state index contributed by atoms with van der Waals surface area (Å²) in [6.45, 7) is 8.08. The van der Waals surface area contributed by atoms with Gasteiger partial charge in [-0.25, -0.2) is 4.39 Å². The molecule has 0 spiro atoms. The van der Waals surface area contributed by atoms with E-state index in [-0.39, 0.29) is 17.3 Å². The van der Waals surface area contributed by atoms with E-state index in [2.05, 4.69) is 13.8 Å². The van der Waals surface area contributed by atoms with Gasteiger partial charge in [-0.3, -0.25) is 0 Å². The van der Waals surface area contributed by atoms with Crippen LogP contribution in [-0.4, -0.2) is 0 Å². The van der Waals surface area contributed by atoms with Gasteiger partial charge in [0, 0.05) is 0 Å². The molecule has 1 rings (SSSR count). The third-order valence-electron chi connectivity index (χ3n) is 3.05. The van der Waals surface area contributed by atoms with Crippen molar-refractivity contribution >= 4 is 0 Å². The Morgan fingerprint density at radius 3 is 2.38 bits per heavy atom. The Morgan fingerprint density at radius 1 is 1.31 bits per heavy atom. The molecule has 0 aliphatic carbocycles. The van der Waals surface area contributed by atoms with Gasteiger partial charge in [-0.05, 0) is 35.4 Å². The summed E-state index contributed by atoms with van der Waals surface area (Å²) in [5.74, 6) is 0.117. The van der Waals surface area contributed by atoms with E-state index in [1.807, 2.05) is 26.0 Å². The molecule has 2 heteroatoms. The molecular weight excluding hydrogens is 201 g/mol. The molecule has 0 bridgehead atoms. The molecule has 0 fully saturated rings. The summed E-state index contributed by atoms with van der Waals surface area (Å²) in [6.07, 6.45) is 0.994. The average Bonchev–Trinajstić information content (AvgIpc) is 2.27. The molecular formula is C14H18FN.